The number of halogens is 3. The molecular formula is C28H23F3N2O5. The summed E-state index contributed by atoms with van der Waals surface area (Å²) in [5.74, 6) is 1.13. The third-order valence-electron chi connectivity index (χ3n) is 5.97. The first-order valence-corrected chi connectivity index (χ1v) is 11.6. The van der Waals surface area contributed by atoms with E-state index < -0.39 is 17.8 Å². The Bertz CT molecular complexity index is 1520. The second-order valence-corrected chi connectivity index (χ2v) is 9.06. The summed E-state index contributed by atoms with van der Waals surface area (Å²) in [5, 5.41) is 0. The maximum Gasteiger partial charge on any atom is 0.574 e. The summed E-state index contributed by atoms with van der Waals surface area (Å²) in [7, 11) is 1.58. The number of hydrogen-bond acceptors (Lipinski definition) is 6. The number of pyridine rings is 1. The number of imidazole rings is 1. The third kappa shape index (κ3) is 5.02. The largest absolute Gasteiger partial charge is 0.574 e. The minimum absolute atomic E-state index is 0.0152. The number of aromatic nitrogens is 2. The first-order valence-electron chi connectivity index (χ1n) is 11.6. The first kappa shape index (κ1) is 25.2. The van der Waals surface area contributed by atoms with E-state index in [9.17, 15) is 18.0 Å². The van der Waals surface area contributed by atoms with E-state index in [1.54, 1.807) is 63.4 Å². The van der Waals surface area contributed by atoms with E-state index in [4.69, 9.17) is 14.2 Å². The van der Waals surface area contributed by atoms with E-state index in [-0.39, 0.29) is 12.4 Å². The van der Waals surface area contributed by atoms with E-state index in [1.807, 2.05) is 12.1 Å². The molecule has 38 heavy (non-hydrogen) atoms. The highest BCUT2D eigenvalue weighted by atomic mass is 19.4. The molecule has 196 valence electrons. The van der Waals surface area contributed by atoms with Gasteiger partial charge in [0.15, 0.2) is 5.60 Å². The Morgan fingerprint density at radius 3 is 2.26 bits per heavy atom. The molecule has 0 N–H and O–H groups in total. The molecule has 0 spiro atoms. The summed E-state index contributed by atoms with van der Waals surface area (Å²) in [6, 6.07) is 18.4. The number of methoxy groups -OCH3 is 1. The van der Waals surface area contributed by atoms with Crippen molar-refractivity contribution in [3.05, 3.63) is 89.7 Å². The zero-order valence-corrected chi connectivity index (χ0v) is 20.7. The summed E-state index contributed by atoms with van der Waals surface area (Å²) >= 11 is 0. The minimum Gasteiger partial charge on any atom is -0.497 e. The van der Waals surface area contributed by atoms with E-state index in [2.05, 4.69) is 9.72 Å². The Hall–Kier alpha value is -4.47. The lowest BCUT2D eigenvalue weighted by molar-refractivity contribution is -0.276. The van der Waals surface area contributed by atoms with Gasteiger partial charge in [-0.05, 0) is 67.9 Å². The van der Waals surface area contributed by atoms with E-state index in [0.717, 1.165) is 5.56 Å². The van der Waals surface area contributed by atoms with Crippen molar-refractivity contribution in [2.75, 3.05) is 7.11 Å². The number of benzene rings is 2. The Labute approximate surface area is 216 Å². The standard InChI is InChI=1S/C28H23F3N2O5/c1-27(2)26(34)24(25(38-27)18-9-11-20(35-3)12-10-18)17-7-13-21(14-8-17)36-16-19-15-33-22(32-19)5-4-6-23(33)37-28(29,30)31/h4-15H,16H2,1-3H3. The van der Waals surface area contributed by atoms with Gasteiger partial charge in [0.2, 0.25) is 11.7 Å². The summed E-state index contributed by atoms with van der Waals surface area (Å²) in [6.07, 6.45) is -3.39. The lowest BCUT2D eigenvalue weighted by Gasteiger charge is -2.17. The molecule has 0 fully saturated rings. The van der Waals surface area contributed by atoms with E-state index in [1.165, 1.54) is 22.7 Å². The van der Waals surface area contributed by atoms with Crippen molar-refractivity contribution in [3.8, 4) is 17.4 Å². The molecule has 0 saturated carbocycles. The van der Waals surface area contributed by atoms with E-state index >= 15 is 0 Å². The zero-order chi connectivity index (χ0) is 27.1. The lowest BCUT2D eigenvalue weighted by Crippen LogP contribution is -2.29. The number of Topliss-reactive ketones (excluding diaryl/α,β-unsaturated/α-hetero) is 1. The lowest BCUT2D eigenvalue weighted by atomic mass is 9.92. The van der Waals surface area contributed by atoms with Gasteiger partial charge in [0.1, 0.15) is 29.5 Å². The third-order valence-corrected chi connectivity index (χ3v) is 5.97. The van der Waals surface area contributed by atoms with Crippen LogP contribution < -0.4 is 14.2 Å². The van der Waals surface area contributed by atoms with Gasteiger partial charge in [0, 0.05) is 11.8 Å². The smallest absolute Gasteiger partial charge is 0.497 e. The van der Waals surface area contributed by atoms with Crippen molar-refractivity contribution in [1.29, 1.82) is 0 Å². The predicted octanol–water partition coefficient (Wildman–Crippen LogP) is 6.07. The molecule has 2 aromatic heterocycles. The Balaban J connectivity index is 1.36. The fraction of sp³-hybridized carbons (Fsp3) is 0.214. The molecule has 0 atom stereocenters. The minimum atomic E-state index is -4.82. The molecule has 3 heterocycles. The number of alkyl halides is 3. The van der Waals surface area contributed by atoms with Gasteiger partial charge in [0.05, 0.1) is 18.4 Å². The Kier molecular flexibility index (Phi) is 6.26. The monoisotopic (exact) mass is 524 g/mol. The van der Waals surface area contributed by atoms with Crippen molar-refractivity contribution in [1.82, 2.24) is 9.38 Å². The SMILES string of the molecule is COc1ccc(C2=C(c3ccc(OCc4cn5c(OC(F)(F)F)cccc5n4)cc3)C(=O)C(C)(C)O2)cc1. The van der Waals surface area contributed by atoms with Gasteiger partial charge < -0.3 is 18.9 Å². The molecular weight excluding hydrogens is 501 g/mol. The molecule has 0 unspecified atom stereocenters. The van der Waals surface area contributed by atoms with Gasteiger partial charge in [-0.1, -0.05) is 18.2 Å². The number of fused-ring (bicyclic) bond motifs is 1. The second kappa shape index (κ2) is 9.44. The van der Waals surface area contributed by atoms with Gasteiger partial charge in [0.25, 0.3) is 0 Å². The van der Waals surface area contributed by atoms with Gasteiger partial charge in [-0.15, -0.1) is 13.2 Å². The average molecular weight is 524 g/mol. The first-order chi connectivity index (χ1) is 18.0. The summed E-state index contributed by atoms with van der Waals surface area (Å²) in [4.78, 5) is 17.5. The number of rotatable bonds is 7. The van der Waals surface area contributed by atoms with Crippen LogP contribution in [-0.4, -0.2) is 34.2 Å². The molecule has 2 aromatic carbocycles. The van der Waals surface area contributed by atoms with Crippen LogP contribution in [0.15, 0.2) is 72.9 Å². The highest BCUT2D eigenvalue weighted by Crippen LogP contribution is 2.41. The van der Waals surface area contributed by atoms with E-state index in [0.29, 0.717) is 39.7 Å². The number of hydrogen-bond donors (Lipinski definition) is 0. The van der Waals surface area contributed by atoms with Crippen LogP contribution in [0.25, 0.3) is 17.0 Å². The molecule has 1 aliphatic heterocycles. The molecule has 0 saturated heterocycles. The van der Waals surface area contributed by atoms with Crippen molar-refractivity contribution >= 4 is 22.8 Å². The van der Waals surface area contributed by atoms with Crippen molar-refractivity contribution in [2.24, 2.45) is 0 Å². The van der Waals surface area contributed by atoms with Crippen molar-refractivity contribution in [3.63, 3.8) is 0 Å². The predicted molar refractivity (Wildman–Crippen MR) is 133 cm³/mol. The van der Waals surface area contributed by atoms with Crippen LogP contribution in [0.4, 0.5) is 13.2 Å². The van der Waals surface area contributed by atoms with Crippen LogP contribution >= 0.6 is 0 Å². The van der Waals surface area contributed by atoms with Crippen LogP contribution in [0.2, 0.25) is 0 Å². The zero-order valence-electron chi connectivity index (χ0n) is 20.7. The quantitative estimate of drug-likeness (QED) is 0.292. The number of carbonyl (C=O) groups is 1. The van der Waals surface area contributed by atoms with Crippen LogP contribution in [0.5, 0.6) is 17.4 Å². The topological polar surface area (TPSA) is 71.3 Å². The van der Waals surface area contributed by atoms with Gasteiger partial charge in [-0.25, -0.2) is 4.98 Å². The van der Waals surface area contributed by atoms with Gasteiger partial charge >= 0.3 is 6.36 Å². The molecule has 4 aromatic rings. The van der Waals surface area contributed by atoms with Crippen LogP contribution in [0, 0.1) is 0 Å². The van der Waals surface area contributed by atoms with Crippen LogP contribution in [0.3, 0.4) is 0 Å². The highest BCUT2D eigenvalue weighted by Gasteiger charge is 2.42. The summed E-state index contributed by atoms with van der Waals surface area (Å²) < 4.78 is 60.4. The van der Waals surface area contributed by atoms with Crippen LogP contribution in [-0.2, 0) is 16.1 Å². The number of nitrogens with zero attached hydrogens (tertiary/aromatic N) is 2. The Morgan fingerprint density at radius 2 is 1.61 bits per heavy atom. The van der Waals surface area contributed by atoms with Gasteiger partial charge in [-0.2, -0.15) is 0 Å². The normalized spacial score (nSPS) is 15.1. The highest BCUT2D eigenvalue weighted by molar-refractivity contribution is 6.32. The number of carbonyl (C=O) groups excluding carboxylic acids is 1. The van der Waals surface area contributed by atoms with Crippen molar-refractivity contribution in [2.45, 2.75) is 32.4 Å². The maximum absolute atomic E-state index is 13.2. The molecule has 1 aliphatic rings. The van der Waals surface area contributed by atoms with Crippen LogP contribution in [0.1, 0.15) is 30.7 Å². The second-order valence-electron chi connectivity index (χ2n) is 9.06. The molecule has 0 radical (unpaired) electrons. The summed E-state index contributed by atoms with van der Waals surface area (Å²) in [5.41, 5.74) is 1.57. The average Bonchev–Trinajstić information content (AvgIpc) is 3.41. The number of ketones is 1. The number of ether oxygens (including phenoxy) is 4. The molecule has 10 heteroatoms. The maximum atomic E-state index is 13.2. The molecule has 7 nitrogen and oxygen atoms in total. The summed E-state index contributed by atoms with van der Waals surface area (Å²) in [6.45, 7) is 3.47. The molecule has 0 bridgehead atoms. The van der Waals surface area contributed by atoms with Crippen molar-refractivity contribution < 1.29 is 36.9 Å². The fourth-order valence-electron chi connectivity index (χ4n) is 4.15. The fourth-order valence-corrected chi connectivity index (χ4v) is 4.15. The molecule has 5 rings (SSSR count). The Morgan fingerprint density at radius 1 is 0.947 bits per heavy atom. The molecule has 0 aliphatic carbocycles. The van der Waals surface area contributed by atoms with Gasteiger partial charge in [-0.3, -0.25) is 9.20 Å². The molecule has 0 amide bonds.